The van der Waals surface area contributed by atoms with Crippen molar-refractivity contribution < 1.29 is 4.79 Å². The molecule has 0 aromatic heterocycles. The van der Waals surface area contributed by atoms with Gasteiger partial charge in [-0.3, -0.25) is 9.69 Å². The van der Waals surface area contributed by atoms with Gasteiger partial charge in [-0.05, 0) is 51.8 Å². The molecule has 3 N–H and O–H groups in total. The fraction of sp³-hybridized carbons (Fsp3) is 0.611. The van der Waals surface area contributed by atoms with E-state index in [2.05, 4.69) is 41.4 Å². The molecular weight excluding hydrogens is 345 g/mol. The Kier molecular flexibility index (Phi) is 11.3. The quantitative estimate of drug-likeness (QED) is 0.768. The second kappa shape index (κ2) is 11.7. The molecule has 24 heavy (non-hydrogen) atoms. The third-order valence-corrected chi connectivity index (χ3v) is 4.36. The van der Waals surface area contributed by atoms with Crippen LogP contribution in [0.5, 0.6) is 0 Å². The van der Waals surface area contributed by atoms with Crippen LogP contribution in [0.2, 0.25) is 0 Å². The molecule has 1 amide bonds. The first-order valence-electron chi connectivity index (χ1n) is 8.39. The predicted octanol–water partition coefficient (Wildman–Crippen LogP) is 3.22. The molecule has 2 rings (SSSR count). The maximum absolute atomic E-state index is 12.0. The molecule has 1 aliphatic heterocycles. The molecule has 0 radical (unpaired) electrons. The summed E-state index contributed by atoms with van der Waals surface area (Å²) >= 11 is 0. The first-order chi connectivity index (χ1) is 10.6. The normalized spacial score (nSPS) is 16.6. The van der Waals surface area contributed by atoms with Gasteiger partial charge < -0.3 is 11.1 Å². The van der Waals surface area contributed by atoms with E-state index in [4.69, 9.17) is 5.73 Å². The van der Waals surface area contributed by atoms with Crippen LogP contribution in [0, 0.1) is 6.92 Å². The van der Waals surface area contributed by atoms with Crippen molar-refractivity contribution in [1.82, 2.24) is 10.2 Å². The zero-order valence-corrected chi connectivity index (χ0v) is 16.3. The molecule has 1 aromatic rings. The molecule has 2 atom stereocenters. The molecule has 1 saturated heterocycles. The van der Waals surface area contributed by atoms with Crippen molar-refractivity contribution in [3.05, 3.63) is 35.4 Å². The van der Waals surface area contributed by atoms with Gasteiger partial charge >= 0.3 is 0 Å². The van der Waals surface area contributed by atoms with Gasteiger partial charge in [0.2, 0.25) is 5.91 Å². The number of nitrogens with two attached hydrogens (primary N) is 1. The molecule has 1 heterocycles. The number of benzene rings is 1. The van der Waals surface area contributed by atoms with Crippen LogP contribution < -0.4 is 11.1 Å². The average Bonchev–Trinajstić information content (AvgIpc) is 3.01. The molecule has 0 aliphatic carbocycles. The monoisotopic (exact) mass is 375 g/mol. The number of carbonyl (C=O) groups is 1. The van der Waals surface area contributed by atoms with Gasteiger partial charge in [0.15, 0.2) is 0 Å². The average molecular weight is 376 g/mol. The minimum Gasteiger partial charge on any atom is -0.354 e. The minimum absolute atomic E-state index is 0. The van der Waals surface area contributed by atoms with Crippen LogP contribution in [0.4, 0.5) is 0 Å². The molecule has 138 valence electrons. The van der Waals surface area contributed by atoms with Crippen LogP contribution in [-0.4, -0.2) is 36.5 Å². The van der Waals surface area contributed by atoms with Crippen molar-refractivity contribution in [2.24, 2.45) is 5.73 Å². The molecule has 0 bridgehead atoms. The van der Waals surface area contributed by atoms with E-state index in [1.807, 2.05) is 6.92 Å². The number of nitrogens with one attached hydrogen (secondary N) is 1. The Hall–Kier alpha value is -0.810. The number of hydrogen-bond donors (Lipinski definition) is 2. The molecule has 1 aromatic carbocycles. The third kappa shape index (κ3) is 7.39. The highest BCUT2D eigenvalue weighted by Crippen LogP contribution is 2.24. The maximum atomic E-state index is 12.0. The van der Waals surface area contributed by atoms with Crippen molar-refractivity contribution in [2.45, 2.75) is 51.6 Å². The van der Waals surface area contributed by atoms with Gasteiger partial charge in [0, 0.05) is 19.0 Å². The van der Waals surface area contributed by atoms with E-state index in [1.54, 1.807) is 0 Å². The van der Waals surface area contributed by atoms with Crippen LogP contribution in [0.25, 0.3) is 0 Å². The smallest absolute Gasteiger partial charge is 0.220 e. The molecule has 0 saturated carbocycles. The van der Waals surface area contributed by atoms with Crippen LogP contribution in [0.3, 0.4) is 0 Å². The number of halogens is 2. The highest BCUT2D eigenvalue weighted by Gasteiger charge is 2.23. The molecule has 0 spiro atoms. The summed E-state index contributed by atoms with van der Waals surface area (Å²) in [6.07, 6.45) is 3.75. The van der Waals surface area contributed by atoms with Gasteiger partial charge in [-0.1, -0.05) is 29.8 Å². The highest BCUT2D eigenvalue weighted by atomic mass is 35.5. The van der Waals surface area contributed by atoms with Gasteiger partial charge in [0.05, 0.1) is 6.04 Å². The fourth-order valence-corrected chi connectivity index (χ4v) is 2.96. The Bertz CT molecular complexity index is 474. The molecular formula is C18H31Cl2N3O. The molecule has 2 unspecified atom stereocenters. The molecule has 1 aliphatic rings. The summed E-state index contributed by atoms with van der Waals surface area (Å²) in [7, 11) is 0. The standard InChI is InChI=1S/C18H29N3O.2ClH/c1-14-5-8-16(9-6-14)17(21-11-3-4-12-21)13-20-18(22)10-7-15(2)19;;/h5-6,8-9,15,17H,3-4,7,10-13,19H2,1-2H3,(H,20,22);2*1H. The van der Waals surface area contributed by atoms with Gasteiger partial charge in [-0.25, -0.2) is 0 Å². The Morgan fingerprint density at radius 1 is 1.21 bits per heavy atom. The van der Waals surface area contributed by atoms with Crippen molar-refractivity contribution in [2.75, 3.05) is 19.6 Å². The summed E-state index contributed by atoms with van der Waals surface area (Å²) in [4.78, 5) is 14.4. The first-order valence-corrected chi connectivity index (χ1v) is 8.39. The van der Waals surface area contributed by atoms with Crippen molar-refractivity contribution in [3.8, 4) is 0 Å². The first kappa shape index (κ1) is 23.2. The summed E-state index contributed by atoms with van der Waals surface area (Å²) in [6, 6.07) is 9.03. The number of rotatable bonds is 7. The fourth-order valence-electron chi connectivity index (χ4n) is 2.96. The van der Waals surface area contributed by atoms with Gasteiger partial charge in [0.1, 0.15) is 0 Å². The van der Waals surface area contributed by atoms with Crippen molar-refractivity contribution >= 4 is 30.7 Å². The SMILES string of the molecule is Cc1ccc(C(CNC(=O)CCC(C)N)N2CCCC2)cc1.Cl.Cl. The van der Waals surface area contributed by atoms with Crippen LogP contribution >= 0.6 is 24.8 Å². The summed E-state index contributed by atoms with van der Waals surface area (Å²) in [6.45, 7) is 6.96. The van der Waals surface area contributed by atoms with E-state index in [-0.39, 0.29) is 42.8 Å². The van der Waals surface area contributed by atoms with E-state index in [0.717, 1.165) is 19.5 Å². The number of carbonyl (C=O) groups excluding carboxylic acids is 1. The van der Waals surface area contributed by atoms with E-state index in [9.17, 15) is 4.79 Å². The number of hydrogen-bond acceptors (Lipinski definition) is 3. The third-order valence-electron chi connectivity index (χ3n) is 4.36. The summed E-state index contributed by atoms with van der Waals surface area (Å²) < 4.78 is 0. The zero-order valence-electron chi connectivity index (χ0n) is 14.7. The molecule has 6 heteroatoms. The van der Waals surface area contributed by atoms with Crippen molar-refractivity contribution in [1.29, 1.82) is 0 Å². The lowest BCUT2D eigenvalue weighted by Gasteiger charge is -2.28. The van der Waals surface area contributed by atoms with Gasteiger partial charge in [0.25, 0.3) is 0 Å². The Morgan fingerprint density at radius 3 is 2.33 bits per heavy atom. The largest absolute Gasteiger partial charge is 0.354 e. The lowest BCUT2D eigenvalue weighted by Crippen LogP contribution is -2.37. The summed E-state index contributed by atoms with van der Waals surface area (Å²) in [5.74, 6) is 0.105. The minimum atomic E-state index is 0. The number of nitrogens with zero attached hydrogens (tertiary/aromatic N) is 1. The van der Waals surface area contributed by atoms with E-state index < -0.39 is 0 Å². The number of likely N-dealkylation sites (tertiary alicyclic amines) is 1. The van der Waals surface area contributed by atoms with E-state index >= 15 is 0 Å². The van der Waals surface area contributed by atoms with Gasteiger partial charge in [-0.2, -0.15) is 0 Å². The van der Waals surface area contributed by atoms with Crippen LogP contribution in [0.15, 0.2) is 24.3 Å². The van der Waals surface area contributed by atoms with Gasteiger partial charge in [-0.15, -0.1) is 24.8 Å². The highest BCUT2D eigenvalue weighted by molar-refractivity contribution is 5.85. The van der Waals surface area contributed by atoms with Crippen LogP contribution in [0.1, 0.15) is 49.8 Å². The Morgan fingerprint density at radius 2 is 1.79 bits per heavy atom. The predicted molar refractivity (Wildman–Crippen MR) is 105 cm³/mol. The lowest BCUT2D eigenvalue weighted by molar-refractivity contribution is -0.121. The number of aryl methyl sites for hydroxylation is 1. The maximum Gasteiger partial charge on any atom is 0.220 e. The topological polar surface area (TPSA) is 58.4 Å². The lowest BCUT2D eigenvalue weighted by atomic mass is 10.0. The van der Waals surface area contributed by atoms with Crippen molar-refractivity contribution in [3.63, 3.8) is 0 Å². The summed E-state index contributed by atoms with van der Waals surface area (Å²) in [5.41, 5.74) is 8.27. The molecule has 4 nitrogen and oxygen atoms in total. The van der Waals surface area contributed by atoms with E-state index in [1.165, 1.54) is 24.0 Å². The second-order valence-corrected chi connectivity index (χ2v) is 6.49. The van der Waals surface area contributed by atoms with Crippen LogP contribution in [-0.2, 0) is 4.79 Å². The van der Waals surface area contributed by atoms with E-state index in [0.29, 0.717) is 13.0 Å². The zero-order chi connectivity index (χ0) is 15.9. The Labute approximate surface area is 158 Å². The second-order valence-electron chi connectivity index (χ2n) is 6.49. The number of amides is 1. The summed E-state index contributed by atoms with van der Waals surface area (Å²) in [5, 5.41) is 3.09. The molecule has 1 fully saturated rings. The Balaban J connectivity index is 0.00000264.